The van der Waals surface area contributed by atoms with E-state index in [1.54, 1.807) is 30.0 Å². The second kappa shape index (κ2) is 5.82. The van der Waals surface area contributed by atoms with Gasteiger partial charge in [-0.25, -0.2) is 4.79 Å². The van der Waals surface area contributed by atoms with Gasteiger partial charge in [-0.3, -0.25) is 0 Å². The molecule has 0 bridgehead atoms. The van der Waals surface area contributed by atoms with Crippen molar-refractivity contribution in [1.29, 1.82) is 0 Å². The number of rotatable bonds is 3. The molecule has 3 N–H and O–H groups in total. The first kappa shape index (κ1) is 15.4. The highest BCUT2D eigenvalue weighted by Crippen LogP contribution is 2.32. The van der Waals surface area contributed by atoms with E-state index >= 15 is 0 Å². The van der Waals surface area contributed by atoms with Crippen molar-refractivity contribution in [3.63, 3.8) is 0 Å². The molecule has 4 heteroatoms. The van der Waals surface area contributed by atoms with Crippen molar-refractivity contribution < 1.29 is 9.90 Å². The van der Waals surface area contributed by atoms with Gasteiger partial charge in [0.1, 0.15) is 0 Å². The first-order chi connectivity index (χ1) is 9.77. The number of benzene rings is 2. The second-order valence-corrected chi connectivity index (χ2v) is 7.08. The lowest BCUT2D eigenvalue weighted by Crippen LogP contribution is -2.10. The minimum atomic E-state index is -1.00. The van der Waals surface area contributed by atoms with E-state index in [0.29, 0.717) is 5.69 Å². The fourth-order valence-electron chi connectivity index (χ4n) is 1.96. The maximum atomic E-state index is 10.9. The molecule has 0 atom stereocenters. The third-order valence-electron chi connectivity index (χ3n) is 3.21. The van der Waals surface area contributed by atoms with Crippen LogP contribution in [0.3, 0.4) is 0 Å². The van der Waals surface area contributed by atoms with E-state index in [1.807, 2.05) is 0 Å². The standard InChI is InChI=1S/C17H19NO2S/c1-17(2,3)11-4-6-12(7-5-11)21-13-8-9-14(16(19)20)15(18)10-13/h4-10H,18H2,1-3H3,(H,19,20). The number of aromatic carboxylic acids is 1. The van der Waals surface area contributed by atoms with Crippen molar-refractivity contribution in [3.05, 3.63) is 53.6 Å². The fraction of sp³-hybridized carbons (Fsp3) is 0.235. The summed E-state index contributed by atoms with van der Waals surface area (Å²) < 4.78 is 0. The van der Waals surface area contributed by atoms with Gasteiger partial charge in [0.15, 0.2) is 0 Å². The zero-order chi connectivity index (χ0) is 15.6. The maximum Gasteiger partial charge on any atom is 0.337 e. The molecule has 0 aliphatic carbocycles. The third kappa shape index (κ3) is 3.79. The molecule has 0 aliphatic rings. The van der Waals surface area contributed by atoms with Crippen LogP contribution in [0.15, 0.2) is 52.3 Å². The normalized spacial score (nSPS) is 11.4. The summed E-state index contributed by atoms with van der Waals surface area (Å²) in [5.74, 6) is -1.00. The molecule has 0 radical (unpaired) electrons. The summed E-state index contributed by atoms with van der Waals surface area (Å²) in [6.45, 7) is 6.54. The Balaban J connectivity index is 2.19. The van der Waals surface area contributed by atoms with Crippen LogP contribution in [0.5, 0.6) is 0 Å². The van der Waals surface area contributed by atoms with Crippen LogP contribution in [0, 0.1) is 0 Å². The third-order valence-corrected chi connectivity index (χ3v) is 4.21. The van der Waals surface area contributed by atoms with Gasteiger partial charge in [0, 0.05) is 15.5 Å². The van der Waals surface area contributed by atoms with Crippen LogP contribution >= 0.6 is 11.8 Å². The van der Waals surface area contributed by atoms with Crippen molar-refractivity contribution in [2.75, 3.05) is 5.73 Å². The Morgan fingerprint density at radius 3 is 2.10 bits per heavy atom. The minimum Gasteiger partial charge on any atom is -0.478 e. The van der Waals surface area contributed by atoms with Crippen molar-refractivity contribution >= 4 is 23.4 Å². The molecule has 3 nitrogen and oxygen atoms in total. The number of hydrogen-bond acceptors (Lipinski definition) is 3. The quantitative estimate of drug-likeness (QED) is 0.824. The molecule has 110 valence electrons. The Hall–Kier alpha value is -1.94. The van der Waals surface area contributed by atoms with Gasteiger partial charge in [-0.15, -0.1) is 0 Å². The average Bonchev–Trinajstić information content (AvgIpc) is 2.38. The molecular formula is C17H19NO2S. The highest BCUT2D eigenvalue weighted by Gasteiger charge is 2.13. The van der Waals surface area contributed by atoms with E-state index in [1.165, 1.54) is 5.56 Å². The number of carboxylic acid groups (broad SMARTS) is 1. The summed E-state index contributed by atoms with van der Waals surface area (Å²) in [6, 6.07) is 13.4. The van der Waals surface area contributed by atoms with Crippen molar-refractivity contribution in [1.82, 2.24) is 0 Å². The molecule has 0 saturated heterocycles. The van der Waals surface area contributed by atoms with Gasteiger partial charge in [0.05, 0.1) is 5.56 Å². The molecule has 0 unspecified atom stereocenters. The summed E-state index contributed by atoms with van der Waals surface area (Å²) >= 11 is 1.57. The molecule has 0 aromatic heterocycles. The van der Waals surface area contributed by atoms with Crippen LogP contribution < -0.4 is 5.73 Å². The summed E-state index contributed by atoms with van der Waals surface area (Å²) in [5.41, 5.74) is 7.62. The molecule has 2 aromatic rings. The number of nitrogens with two attached hydrogens (primary N) is 1. The van der Waals surface area contributed by atoms with Gasteiger partial charge < -0.3 is 10.8 Å². The summed E-state index contributed by atoms with van der Waals surface area (Å²) in [5, 5.41) is 8.97. The number of nitrogen functional groups attached to an aromatic ring is 1. The summed E-state index contributed by atoms with van der Waals surface area (Å²) in [7, 11) is 0. The van der Waals surface area contributed by atoms with E-state index in [9.17, 15) is 4.79 Å². The minimum absolute atomic E-state index is 0.136. The van der Waals surface area contributed by atoms with E-state index in [-0.39, 0.29) is 11.0 Å². The Labute approximate surface area is 129 Å². The van der Waals surface area contributed by atoms with Crippen LogP contribution in [0.25, 0.3) is 0 Å². The molecule has 0 heterocycles. The van der Waals surface area contributed by atoms with Crippen LogP contribution in [-0.2, 0) is 5.41 Å². The highest BCUT2D eigenvalue weighted by molar-refractivity contribution is 7.99. The molecule has 0 amide bonds. The number of carboxylic acids is 1. The Morgan fingerprint density at radius 2 is 1.62 bits per heavy atom. The van der Waals surface area contributed by atoms with Crippen molar-refractivity contribution in [2.24, 2.45) is 0 Å². The molecule has 0 spiro atoms. The monoisotopic (exact) mass is 301 g/mol. The molecule has 21 heavy (non-hydrogen) atoms. The Bertz CT molecular complexity index is 657. The SMILES string of the molecule is CC(C)(C)c1ccc(Sc2ccc(C(=O)O)c(N)c2)cc1. The van der Waals surface area contributed by atoms with Gasteiger partial charge in [-0.1, -0.05) is 44.7 Å². The predicted molar refractivity (Wildman–Crippen MR) is 87.1 cm³/mol. The second-order valence-electron chi connectivity index (χ2n) is 5.93. The van der Waals surface area contributed by atoms with Gasteiger partial charge in [0.2, 0.25) is 0 Å². The molecule has 0 saturated carbocycles. The average molecular weight is 301 g/mol. The number of carbonyl (C=O) groups is 1. The lowest BCUT2D eigenvalue weighted by Gasteiger charge is -2.19. The van der Waals surface area contributed by atoms with Crippen LogP contribution in [0.2, 0.25) is 0 Å². The van der Waals surface area contributed by atoms with Crippen molar-refractivity contribution in [2.45, 2.75) is 36.0 Å². The van der Waals surface area contributed by atoms with Gasteiger partial charge in [-0.2, -0.15) is 0 Å². The molecular weight excluding hydrogens is 282 g/mol. The molecule has 2 rings (SSSR count). The molecule has 0 fully saturated rings. The zero-order valence-corrected chi connectivity index (χ0v) is 13.2. The fourth-order valence-corrected chi connectivity index (χ4v) is 2.82. The van der Waals surface area contributed by atoms with E-state index < -0.39 is 5.97 Å². The highest BCUT2D eigenvalue weighted by atomic mass is 32.2. The lowest BCUT2D eigenvalue weighted by molar-refractivity contribution is 0.0698. The number of anilines is 1. The lowest BCUT2D eigenvalue weighted by atomic mass is 9.87. The molecule has 2 aromatic carbocycles. The van der Waals surface area contributed by atoms with Crippen LogP contribution in [-0.4, -0.2) is 11.1 Å². The van der Waals surface area contributed by atoms with Gasteiger partial charge in [-0.05, 0) is 41.3 Å². The van der Waals surface area contributed by atoms with E-state index in [2.05, 4.69) is 45.0 Å². The smallest absolute Gasteiger partial charge is 0.337 e. The largest absolute Gasteiger partial charge is 0.478 e. The first-order valence-corrected chi connectivity index (χ1v) is 7.50. The topological polar surface area (TPSA) is 63.3 Å². The molecule has 0 aliphatic heterocycles. The maximum absolute atomic E-state index is 10.9. The van der Waals surface area contributed by atoms with Crippen LogP contribution in [0.4, 0.5) is 5.69 Å². The van der Waals surface area contributed by atoms with Crippen LogP contribution in [0.1, 0.15) is 36.7 Å². The van der Waals surface area contributed by atoms with E-state index in [0.717, 1.165) is 9.79 Å². The van der Waals surface area contributed by atoms with Crippen molar-refractivity contribution in [3.8, 4) is 0 Å². The van der Waals surface area contributed by atoms with E-state index in [4.69, 9.17) is 10.8 Å². The van der Waals surface area contributed by atoms with Gasteiger partial charge >= 0.3 is 5.97 Å². The number of hydrogen-bond donors (Lipinski definition) is 2. The summed E-state index contributed by atoms with van der Waals surface area (Å²) in [4.78, 5) is 13.0. The zero-order valence-electron chi connectivity index (χ0n) is 12.4. The first-order valence-electron chi connectivity index (χ1n) is 6.68. The Kier molecular flexibility index (Phi) is 4.28. The Morgan fingerprint density at radius 1 is 1.05 bits per heavy atom. The van der Waals surface area contributed by atoms with Gasteiger partial charge in [0.25, 0.3) is 0 Å². The summed E-state index contributed by atoms with van der Waals surface area (Å²) in [6.07, 6.45) is 0. The predicted octanol–water partition coefficient (Wildman–Crippen LogP) is 4.42.